The lowest BCUT2D eigenvalue weighted by atomic mass is 9.84. The predicted octanol–water partition coefficient (Wildman–Crippen LogP) is 10.7. The molecule has 0 saturated carbocycles. The van der Waals surface area contributed by atoms with Gasteiger partial charge in [0.1, 0.15) is 0 Å². The molecule has 0 aliphatic rings. The fourth-order valence-corrected chi connectivity index (χ4v) is 5.42. The molecular weight excluding hydrogens is 472 g/mol. The van der Waals surface area contributed by atoms with Gasteiger partial charge in [-0.25, -0.2) is 0 Å². The maximum Gasteiger partial charge on any atom is 0.309 e. The van der Waals surface area contributed by atoms with Gasteiger partial charge in [-0.15, -0.1) is 0 Å². The minimum atomic E-state index is -0.00688. The van der Waals surface area contributed by atoms with Gasteiger partial charge in [0.25, 0.3) is 0 Å². The standard InChI is InChI=1S/C34H66O4/c1-5-9-11-25-29-37-33(35)28-24-22-20-18-16-14-13-15-17-19-21-23-27-31(7-3)32(8-4)34(36)38-30-26-12-10-6-2/h31-32H,5-30H2,1-4H3. The van der Waals surface area contributed by atoms with Crippen LogP contribution in [0.4, 0.5) is 0 Å². The topological polar surface area (TPSA) is 52.6 Å². The summed E-state index contributed by atoms with van der Waals surface area (Å²) >= 11 is 0. The second kappa shape index (κ2) is 28.9. The molecule has 226 valence electrons. The number of esters is 2. The normalized spacial score (nSPS) is 12.8. The molecule has 38 heavy (non-hydrogen) atoms. The molecule has 4 nitrogen and oxygen atoms in total. The molecule has 0 N–H and O–H groups in total. The van der Waals surface area contributed by atoms with Crippen LogP contribution in [0.25, 0.3) is 0 Å². The van der Waals surface area contributed by atoms with Gasteiger partial charge < -0.3 is 9.47 Å². The van der Waals surface area contributed by atoms with Crippen LogP contribution in [-0.4, -0.2) is 25.2 Å². The SMILES string of the molecule is CCCCCCOC(=O)CCCCCCCCCCCCCCC(CC)C(CC)C(=O)OCCCCCC. The summed E-state index contributed by atoms with van der Waals surface area (Å²) in [6.07, 6.45) is 28.2. The lowest BCUT2D eigenvalue weighted by Crippen LogP contribution is -2.25. The minimum Gasteiger partial charge on any atom is -0.466 e. The summed E-state index contributed by atoms with van der Waals surface area (Å²) in [4.78, 5) is 24.3. The molecule has 0 radical (unpaired) electrons. The Kier molecular flexibility index (Phi) is 28.1. The molecule has 0 spiro atoms. The summed E-state index contributed by atoms with van der Waals surface area (Å²) in [5.74, 6) is 0.601. The molecule has 0 aliphatic heterocycles. The van der Waals surface area contributed by atoms with Crippen LogP contribution in [0.1, 0.15) is 182 Å². The number of rotatable bonds is 29. The number of carbonyl (C=O) groups is 2. The summed E-state index contributed by atoms with van der Waals surface area (Å²) in [6, 6.07) is 0. The average molecular weight is 539 g/mol. The van der Waals surface area contributed by atoms with E-state index >= 15 is 0 Å². The van der Waals surface area contributed by atoms with E-state index in [2.05, 4.69) is 27.7 Å². The first-order chi connectivity index (χ1) is 18.6. The van der Waals surface area contributed by atoms with Crippen molar-refractivity contribution in [2.75, 3.05) is 13.2 Å². The zero-order chi connectivity index (χ0) is 28.1. The van der Waals surface area contributed by atoms with Crippen molar-refractivity contribution < 1.29 is 19.1 Å². The van der Waals surface area contributed by atoms with Crippen LogP contribution < -0.4 is 0 Å². The van der Waals surface area contributed by atoms with Crippen molar-refractivity contribution in [3.63, 3.8) is 0 Å². The van der Waals surface area contributed by atoms with Crippen molar-refractivity contribution in [3.8, 4) is 0 Å². The highest BCUT2D eigenvalue weighted by Crippen LogP contribution is 2.27. The molecule has 0 aromatic heterocycles. The molecule has 0 bridgehead atoms. The zero-order valence-corrected chi connectivity index (χ0v) is 26.2. The maximum atomic E-state index is 12.6. The highest BCUT2D eigenvalue weighted by Gasteiger charge is 2.26. The van der Waals surface area contributed by atoms with Crippen LogP contribution in [0.3, 0.4) is 0 Å². The lowest BCUT2D eigenvalue weighted by molar-refractivity contribution is -0.151. The quantitative estimate of drug-likeness (QED) is 0.0702. The van der Waals surface area contributed by atoms with E-state index in [1.165, 1.54) is 96.3 Å². The van der Waals surface area contributed by atoms with E-state index in [1.807, 2.05) is 0 Å². The van der Waals surface area contributed by atoms with Crippen molar-refractivity contribution >= 4 is 11.9 Å². The van der Waals surface area contributed by atoms with Gasteiger partial charge in [-0.1, -0.05) is 143 Å². The highest BCUT2D eigenvalue weighted by atomic mass is 16.5. The smallest absolute Gasteiger partial charge is 0.309 e. The number of carbonyl (C=O) groups excluding carboxylic acids is 2. The van der Waals surface area contributed by atoms with Crippen LogP contribution in [0.5, 0.6) is 0 Å². The van der Waals surface area contributed by atoms with Gasteiger partial charge in [-0.05, 0) is 38.0 Å². The second-order valence-electron chi connectivity index (χ2n) is 11.5. The largest absolute Gasteiger partial charge is 0.466 e. The zero-order valence-electron chi connectivity index (χ0n) is 26.2. The molecule has 0 heterocycles. The number of ether oxygens (including phenoxy) is 2. The summed E-state index contributed by atoms with van der Waals surface area (Å²) < 4.78 is 10.9. The Morgan fingerprint density at radius 2 is 0.947 bits per heavy atom. The van der Waals surface area contributed by atoms with E-state index in [0.717, 1.165) is 51.4 Å². The van der Waals surface area contributed by atoms with Crippen LogP contribution in [-0.2, 0) is 19.1 Å². The first kappa shape index (κ1) is 36.9. The van der Waals surface area contributed by atoms with E-state index in [1.54, 1.807) is 0 Å². The molecular formula is C34H66O4. The van der Waals surface area contributed by atoms with Crippen molar-refractivity contribution in [2.24, 2.45) is 11.8 Å². The molecule has 0 rings (SSSR count). The molecule has 0 saturated heterocycles. The lowest BCUT2D eigenvalue weighted by Gasteiger charge is -2.23. The van der Waals surface area contributed by atoms with E-state index in [9.17, 15) is 9.59 Å². The molecule has 0 fully saturated rings. The van der Waals surface area contributed by atoms with Gasteiger partial charge in [0.2, 0.25) is 0 Å². The van der Waals surface area contributed by atoms with E-state index in [0.29, 0.717) is 25.6 Å². The molecule has 4 heteroatoms. The molecule has 2 atom stereocenters. The molecule has 2 unspecified atom stereocenters. The third kappa shape index (κ3) is 22.9. The Balaban J connectivity index is 3.59. The van der Waals surface area contributed by atoms with Crippen LogP contribution in [0, 0.1) is 11.8 Å². The van der Waals surface area contributed by atoms with Crippen LogP contribution >= 0.6 is 0 Å². The van der Waals surface area contributed by atoms with Gasteiger partial charge in [-0.2, -0.15) is 0 Å². The summed E-state index contributed by atoms with van der Waals surface area (Å²) in [5.41, 5.74) is 0. The van der Waals surface area contributed by atoms with Gasteiger partial charge in [0.05, 0.1) is 19.1 Å². The molecule has 0 aliphatic carbocycles. The van der Waals surface area contributed by atoms with Crippen molar-refractivity contribution in [1.82, 2.24) is 0 Å². The summed E-state index contributed by atoms with van der Waals surface area (Å²) in [5, 5.41) is 0. The van der Waals surface area contributed by atoms with E-state index in [-0.39, 0.29) is 17.9 Å². The van der Waals surface area contributed by atoms with Gasteiger partial charge in [0.15, 0.2) is 0 Å². The number of hydrogen-bond acceptors (Lipinski definition) is 4. The number of hydrogen-bond donors (Lipinski definition) is 0. The molecule has 0 aromatic carbocycles. The second-order valence-corrected chi connectivity index (χ2v) is 11.5. The van der Waals surface area contributed by atoms with E-state index in [4.69, 9.17) is 9.47 Å². The minimum absolute atomic E-state index is 0.00688. The molecule has 0 aromatic rings. The summed E-state index contributed by atoms with van der Waals surface area (Å²) in [7, 11) is 0. The Morgan fingerprint density at radius 3 is 1.42 bits per heavy atom. The van der Waals surface area contributed by atoms with Crippen molar-refractivity contribution in [1.29, 1.82) is 0 Å². The van der Waals surface area contributed by atoms with Gasteiger partial charge >= 0.3 is 11.9 Å². The van der Waals surface area contributed by atoms with Gasteiger partial charge in [-0.3, -0.25) is 9.59 Å². The number of unbranched alkanes of at least 4 members (excludes halogenated alkanes) is 17. The van der Waals surface area contributed by atoms with Crippen LogP contribution in [0.2, 0.25) is 0 Å². The first-order valence-corrected chi connectivity index (χ1v) is 16.9. The predicted molar refractivity (Wildman–Crippen MR) is 162 cm³/mol. The first-order valence-electron chi connectivity index (χ1n) is 16.9. The Hall–Kier alpha value is -1.06. The third-order valence-electron chi connectivity index (χ3n) is 8.04. The average Bonchev–Trinajstić information content (AvgIpc) is 2.92. The fraction of sp³-hybridized carbons (Fsp3) is 0.941. The third-order valence-corrected chi connectivity index (χ3v) is 8.04. The van der Waals surface area contributed by atoms with Gasteiger partial charge in [0, 0.05) is 6.42 Å². The highest BCUT2D eigenvalue weighted by molar-refractivity contribution is 5.72. The Labute approximate surface area is 237 Å². The fourth-order valence-electron chi connectivity index (χ4n) is 5.42. The maximum absolute atomic E-state index is 12.6. The van der Waals surface area contributed by atoms with Crippen molar-refractivity contribution in [3.05, 3.63) is 0 Å². The summed E-state index contributed by atoms with van der Waals surface area (Å²) in [6.45, 7) is 9.97. The van der Waals surface area contributed by atoms with E-state index < -0.39 is 0 Å². The van der Waals surface area contributed by atoms with Crippen LogP contribution in [0.15, 0.2) is 0 Å². The Morgan fingerprint density at radius 1 is 0.500 bits per heavy atom. The monoisotopic (exact) mass is 538 g/mol. The Bertz CT molecular complexity index is 519. The van der Waals surface area contributed by atoms with Crippen molar-refractivity contribution in [2.45, 2.75) is 182 Å². The molecule has 0 amide bonds.